The molecule has 0 bridgehead atoms. The summed E-state index contributed by atoms with van der Waals surface area (Å²) in [5.74, 6) is -0.443. The molecule has 1 aliphatic heterocycles. The summed E-state index contributed by atoms with van der Waals surface area (Å²) >= 11 is 1.17. The van der Waals surface area contributed by atoms with Gasteiger partial charge in [-0.3, -0.25) is 10.1 Å². The SMILES string of the molecule is O=C(O)c1ccccc1C(=O)Nc1nnc(-c2ccc3c(c2)OCO3)s1. The Bertz CT molecular complexity index is 1020. The van der Waals surface area contributed by atoms with E-state index >= 15 is 0 Å². The smallest absolute Gasteiger partial charge is 0.336 e. The molecule has 9 heteroatoms. The minimum atomic E-state index is -1.17. The zero-order chi connectivity index (χ0) is 18.1. The summed E-state index contributed by atoms with van der Waals surface area (Å²) in [5, 5.41) is 20.6. The molecule has 8 nitrogen and oxygen atoms in total. The molecule has 130 valence electrons. The zero-order valence-electron chi connectivity index (χ0n) is 13.1. The average molecular weight is 369 g/mol. The Morgan fingerprint density at radius 3 is 2.62 bits per heavy atom. The third-order valence-electron chi connectivity index (χ3n) is 3.67. The number of nitrogens with one attached hydrogen (secondary N) is 1. The van der Waals surface area contributed by atoms with Crippen LogP contribution in [0.25, 0.3) is 10.6 Å². The highest BCUT2D eigenvalue weighted by molar-refractivity contribution is 7.18. The number of carboxylic acids is 1. The van der Waals surface area contributed by atoms with Gasteiger partial charge in [0.15, 0.2) is 11.5 Å². The number of rotatable bonds is 4. The van der Waals surface area contributed by atoms with Crippen LogP contribution in [-0.2, 0) is 0 Å². The van der Waals surface area contributed by atoms with Crippen LogP contribution in [0.2, 0.25) is 0 Å². The van der Waals surface area contributed by atoms with Crippen LogP contribution in [0.1, 0.15) is 20.7 Å². The van der Waals surface area contributed by atoms with Crippen molar-refractivity contribution >= 4 is 28.3 Å². The molecular formula is C17H11N3O5S. The van der Waals surface area contributed by atoms with Gasteiger partial charge in [-0.25, -0.2) is 4.79 Å². The molecule has 0 unspecified atom stereocenters. The molecule has 0 saturated heterocycles. The highest BCUT2D eigenvalue weighted by Crippen LogP contribution is 2.37. The predicted octanol–water partition coefficient (Wildman–Crippen LogP) is 2.88. The maximum absolute atomic E-state index is 12.4. The summed E-state index contributed by atoms with van der Waals surface area (Å²) < 4.78 is 10.6. The number of hydrogen-bond donors (Lipinski definition) is 2. The number of benzene rings is 2. The normalized spacial score (nSPS) is 12.0. The molecule has 0 aliphatic carbocycles. The number of ether oxygens (including phenoxy) is 2. The van der Waals surface area contributed by atoms with Gasteiger partial charge in [0.25, 0.3) is 5.91 Å². The first-order chi connectivity index (χ1) is 12.6. The first kappa shape index (κ1) is 16.0. The van der Waals surface area contributed by atoms with Gasteiger partial charge in [0, 0.05) is 5.56 Å². The molecule has 1 aliphatic rings. The van der Waals surface area contributed by atoms with Gasteiger partial charge in [0.05, 0.1) is 11.1 Å². The maximum Gasteiger partial charge on any atom is 0.336 e. The number of carbonyl (C=O) groups excluding carboxylic acids is 1. The summed E-state index contributed by atoms with van der Waals surface area (Å²) in [6, 6.07) is 11.4. The highest BCUT2D eigenvalue weighted by Gasteiger charge is 2.19. The van der Waals surface area contributed by atoms with Gasteiger partial charge < -0.3 is 14.6 Å². The summed E-state index contributed by atoms with van der Waals surface area (Å²) in [4.78, 5) is 23.6. The lowest BCUT2D eigenvalue weighted by Gasteiger charge is -2.04. The van der Waals surface area contributed by atoms with E-state index in [-0.39, 0.29) is 23.1 Å². The van der Waals surface area contributed by atoms with Gasteiger partial charge in [-0.15, -0.1) is 10.2 Å². The molecular weight excluding hydrogens is 358 g/mol. The van der Waals surface area contributed by atoms with E-state index in [4.69, 9.17) is 9.47 Å². The molecule has 0 fully saturated rings. The quantitative estimate of drug-likeness (QED) is 0.727. The molecule has 3 aromatic rings. The molecule has 0 saturated carbocycles. The third kappa shape index (κ3) is 2.95. The third-order valence-corrected chi connectivity index (χ3v) is 4.55. The fourth-order valence-corrected chi connectivity index (χ4v) is 3.19. The van der Waals surface area contributed by atoms with Crippen molar-refractivity contribution in [2.45, 2.75) is 0 Å². The van der Waals surface area contributed by atoms with E-state index in [1.165, 1.54) is 23.5 Å². The van der Waals surface area contributed by atoms with Crippen LogP contribution in [-0.4, -0.2) is 34.0 Å². The maximum atomic E-state index is 12.4. The minimum absolute atomic E-state index is 0.0554. The van der Waals surface area contributed by atoms with E-state index in [1.54, 1.807) is 24.3 Å². The number of hydrogen-bond acceptors (Lipinski definition) is 7. The summed E-state index contributed by atoms with van der Waals surface area (Å²) in [6.45, 7) is 0.180. The number of carbonyl (C=O) groups is 2. The summed E-state index contributed by atoms with van der Waals surface area (Å²) in [5.41, 5.74) is 0.753. The standard InChI is InChI=1S/C17H11N3O5S/c21-14(10-3-1-2-4-11(10)16(22)23)18-17-20-19-15(26-17)9-5-6-12-13(7-9)25-8-24-12/h1-7H,8H2,(H,22,23)(H,18,20,21). The molecule has 0 radical (unpaired) electrons. The Kier molecular flexibility index (Phi) is 3.98. The Morgan fingerprint density at radius 1 is 1.04 bits per heavy atom. The number of anilines is 1. The van der Waals surface area contributed by atoms with Crippen molar-refractivity contribution < 1.29 is 24.2 Å². The number of aromatic nitrogens is 2. The van der Waals surface area contributed by atoms with Crippen molar-refractivity contribution in [1.29, 1.82) is 0 Å². The van der Waals surface area contributed by atoms with E-state index in [1.807, 2.05) is 6.07 Å². The number of nitrogens with zero attached hydrogens (tertiary/aromatic N) is 2. The number of carboxylic acid groups (broad SMARTS) is 1. The molecule has 1 aromatic heterocycles. The number of amides is 1. The Labute approximate surface area is 151 Å². The van der Waals surface area contributed by atoms with Crippen LogP contribution in [0.15, 0.2) is 42.5 Å². The molecule has 4 rings (SSSR count). The molecule has 2 aromatic carbocycles. The van der Waals surface area contributed by atoms with Gasteiger partial charge in [-0.2, -0.15) is 0 Å². The summed E-state index contributed by atoms with van der Waals surface area (Å²) in [6.07, 6.45) is 0. The topological polar surface area (TPSA) is 111 Å². The van der Waals surface area contributed by atoms with Gasteiger partial charge in [0.2, 0.25) is 11.9 Å². The Morgan fingerprint density at radius 2 is 1.81 bits per heavy atom. The van der Waals surface area contributed by atoms with E-state index in [0.717, 1.165) is 5.56 Å². The number of fused-ring (bicyclic) bond motifs is 1. The van der Waals surface area contributed by atoms with Crippen molar-refractivity contribution in [3.05, 3.63) is 53.6 Å². The first-order valence-electron chi connectivity index (χ1n) is 7.49. The average Bonchev–Trinajstić information content (AvgIpc) is 3.30. The molecule has 0 spiro atoms. The van der Waals surface area contributed by atoms with Crippen LogP contribution >= 0.6 is 11.3 Å². The second-order valence-corrected chi connectivity index (χ2v) is 6.26. The molecule has 0 atom stereocenters. The summed E-state index contributed by atoms with van der Waals surface area (Å²) in [7, 11) is 0. The monoisotopic (exact) mass is 369 g/mol. The zero-order valence-corrected chi connectivity index (χ0v) is 13.9. The lowest BCUT2D eigenvalue weighted by Crippen LogP contribution is -2.16. The van der Waals surface area contributed by atoms with E-state index in [0.29, 0.717) is 16.5 Å². The van der Waals surface area contributed by atoms with Crippen LogP contribution in [0.4, 0.5) is 5.13 Å². The Balaban J connectivity index is 1.56. The van der Waals surface area contributed by atoms with Crippen molar-refractivity contribution in [2.24, 2.45) is 0 Å². The largest absolute Gasteiger partial charge is 0.478 e. The fourth-order valence-electron chi connectivity index (χ4n) is 2.45. The predicted molar refractivity (Wildman–Crippen MR) is 92.8 cm³/mol. The van der Waals surface area contributed by atoms with Gasteiger partial charge in [-0.05, 0) is 30.3 Å². The Hall–Kier alpha value is -3.46. The van der Waals surface area contributed by atoms with Crippen molar-refractivity contribution in [3.63, 3.8) is 0 Å². The van der Waals surface area contributed by atoms with Gasteiger partial charge >= 0.3 is 5.97 Å². The van der Waals surface area contributed by atoms with Crippen molar-refractivity contribution in [2.75, 3.05) is 12.1 Å². The van der Waals surface area contributed by atoms with Crippen LogP contribution in [0, 0.1) is 0 Å². The highest BCUT2D eigenvalue weighted by atomic mass is 32.1. The van der Waals surface area contributed by atoms with Crippen LogP contribution < -0.4 is 14.8 Å². The molecule has 2 N–H and O–H groups in total. The van der Waals surface area contributed by atoms with Crippen molar-refractivity contribution in [1.82, 2.24) is 10.2 Å². The number of aromatic carboxylic acids is 1. The second-order valence-electron chi connectivity index (χ2n) is 5.29. The van der Waals surface area contributed by atoms with Crippen molar-refractivity contribution in [3.8, 4) is 22.1 Å². The van der Waals surface area contributed by atoms with E-state index in [9.17, 15) is 14.7 Å². The second kappa shape index (κ2) is 6.45. The molecule has 26 heavy (non-hydrogen) atoms. The fraction of sp³-hybridized carbons (Fsp3) is 0.0588. The van der Waals surface area contributed by atoms with E-state index in [2.05, 4.69) is 15.5 Å². The molecule has 1 amide bonds. The first-order valence-corrected chi connectivity index (χ1v) is 8.30. The lowest BCUT2D eigenvalue weighted by molar-refractivity contribution is 0.0692. The van der Waals surface area contributed by atoms with Crippen LogP contribution in [0.5, 0.6) is 11.5 Å². The van der Waals surface area contributed by atoms with E-state index < -0.39 is 11.9 Å². The minimum Gasteiger partial charge on any atom is -0.478 e. The molecule has 2 heterocycles. The van der Waals surface area contributed by atoms with Crippen LogP contribution in [0.3, 0.4) is 0 Å². The van der Waals surface area contributed by atoms with Gasteiger partial charge in [0.1, 0.15) is 5.01 Å². The lowest BCUT2D eigenvalue weighted by atomic mass is 10.1. The van der Waals surface area contributed by atoms with Gasteiger partial charge in [-0.1, -0.05) is 23.5 Å².